The van der Waals surface area contributed by atoms with E-state index in [0.717, 1.165) is 17.3 Å². The highest BCUT2D eigenvalue weighted by Gasteiger charge is 2.31. The number of hydrogen-bond acceptors (Lipinski definition) is 4. The number of methoxy groups -OCH3 is 1. The molecule has 0 saturated carbocycles. The van der Waals surface area contributed by atoms with Crippen LogP contribution in [-0.4, -0.2) is 30.8 Å². The van der Waals surface area contributed by atoms with Crippen LogP contribution in [0.5, 0.6) is 0 Å². The van der Waals surface area contributed by atoms with Crippen molar-refractivity contribution in [3.05, 3.63) is 30.3 Å². The van der Waals surface area contributed by atoms with Crippen LogP contribution >= 0.6 is 11.8 Å². The summed E-state index contributed by atoms with van der Waals surface area (Å²) in [6, 6.07) is 9.82. The van der Waals surface area contributed by atoms with Gasteiger partial charge in [0.05, 0.1) is 13.0 Å². The maximum Gasteiger partial charge on any atom is 0.329 e. The molecule has 1 aromatic carbocycles. The van der Waals surface area contributed by atoms with Gasteiger partial charge in [-0.25, -0.2) is 4.79 Å². The van der Waals surface area contributed by atoms with E-state index in [4.69, 9.17) is 4.74 Å². The lowest BCUT2D eigenvalue weighted by Crippen LogP contribution is -2.38. The molecule has 80 valence electrons. The largest absolute Gasteiger partial charge is 0.467 e. The smallest absolute Gasteiger partial charge is 0.329 e. The van der Waals surface area contributed by atoms with E-state index >= 15 is 0 Å². The number of carbonyl (C=O) groups is 1. The number of nitrogens with zero attached hydrogens (tertiary/aromatic N) is 1. The van der Waals surface area contributed by atoms with Gasteiger partial charge in [0.25, 0.3) is 0 Å². The average molecular weight is 223 g/mol. The molecule has 1 aliphatic heterocycles. The van der Waals surface area contributed by atoms with Crippen LogP contribution in [0.3, 0.4) is 0 Å². The van der Waals surface area contributed by atoms with Gasteiger partial charge in [0.2, 0.25) is 0 Å². The van der Waals surface area contributed by atoms with Crippen molar-refractivity contribution < 1.29 is 9.53 Å². The fourth-order valence-corrected chi connectivity index (χ4v) is 2.82. The van der Waals surface area contributed by atoms with Crippen molar-refractivity contribution in [1.82, 2.24) is 0 Å². The molecular formula is C11H13NO2S. The number of para-hydroxylation sites is 1. The SMILES string of the molecule is COC(=O)[C@@H]1CSCN1c1ccccc1. The Morgan fingerprint density at radius 3 is 2.87 bits per heavy atom. The molecule has 0 bridgehead atoms. The fourth-order valence-electron chi connectivity index (χ4n) is 1.65. The Kier molecular flexibility index (Phi) is 3.16. The normalized spacial score (nSPS) is 20.3. The van der Waals surface area contributed by atoms with Crippen molar-refractivity contribution in [2.45, 2.75) is 6.04 Å². The number of ether oxygens (including phenoxy) is 1. The number of anilines is 1. The van der Waals surface area contributed by atoms with Gasteiger partial charge >= 0.3 is 5.97 Å². The van der Waals surface area contributed by atoms with Crippen LogP contribution in [0.15, 0.2) is 30.3 Å². The lowest BCUT2D eigenvalue weighted by molar-refractivity contribution is -0.141. The number of carbonyl (C=O) groups excluding carboxylic acids is 1. The van der Waals surface area contributed by atoms with E-state index in [0.29, 0.717) is 0 Å². The molecule has 0 amide bonds. The van der Waals surface area contributed by atoms with Gasteiger partial charge in [-0.2, -0.15) is 0 Å². The van der Waals surface area contributed by atoms with Crippen LogP contribution in [0.1, 0.15) is 0 Å². The van der Waals surface area contributed by atoms with Crippen LogP contribution in [0.4, 0.5) is 5.69 Å². The van der Waals surface area contributed by atoms with Crippen molar-refractivity contribution in [3.63, 3.8) is 0 Å². The van der Waals surface area contributed by atoms with E-state index in [2.05, 4.69) is 4.90 Å². The highest BCUT2D eigenvalue weighted by atomic mass is 32.2. The number of hydrogen-bond donors (Lipinski definition) is 0. The zero-order valence-corrected chi connectivity index (χ0v) is 9.37. The Balaban J connectivity index is 2.18. The van der Waals surface area contributed by atoms with Crippen LogP contribution < -0.4 is 4.90 Å². The number of thioether (sulfide) groups is 1. The van der Waals surface area contributed by atoms with Crippen molar-refractivity contribution in [1.29, 1.82) is 0 Å². The first-order valence-electron chi connectivity index (χ1n) is 4.80. The molecule has 1 aliphatic rings. The Morgan fingerprint density at radius 1 is 1.47 bits per heavy atom. The second kappa shape index (κ2) is 4.57. The van der Waals surface area contributed by atoms with E-state index in [1.807, 2.05) is 30.3 Å². The van der Waals surface area contributed by atoms with Gasteiger partial charge in [-0.3, -0.25) is 0 Å². The first-order valence-corrected chi connectivity index (χ1v) is 5.95. The predicted molar refractivity (Wildman–Crippen MR) is 62.1 cm³/mol. The van der Waals surface area contributed by atoms with Gasteiger partial charge in [0.1, 0.15) is 6.04 Å². The molecule has 0 N–H and O–H groups in total. The lowest BCUT2D eigenvalue weighted by Gasteiger charge is -2.23. The molecule has 1 aromatic rings. The maximum absolute atomic E-state index is 11.5. The van der Waals surface area contributed by atoms with Gasteiger partial charge in [-0.15, -0.1) is 11.8 Å². The minimum atomic E-state index is -0.149. The standard InChI is InChI=1S/C11H13NO2S/c1-14-11(13)10-7-15-8-12(10)9-5-3-2-4-6-9/h2-6,10H,7-8H2,1H3/t10-/m0/s1. The van der Waals surface area contributed by atoms with E-state index in [-0.39, 0.29) is 12.0 Å². The molecule has 0 unspecified atom stereocenters. The molecule has 1 saturated heterocycles. The predicted octanol–water partition coefficient (Wildman–Crippen LogP) is 1.74. The first-order chi connectivity index (χ1) is 7.33. The highest BCUT2D eigenvalue weighted by Crippen LogP contribution is 2.27. The Bertz CT molecular complexity index is 342. The molecule has 0 aliphatic carbocycles. The average Bonchev–Trinajstić information content (AvgIpc) is 2.78. The molecule has 3 nitrogen and oxygen atoms in total. The van der Waals surface area contributed by atoms with E-state index in [9.17, 15) is 4.79 Å². The van der Waals surface area contributed by atoms with Crippen molar-refractivity contribution in [2.24, 2.45) is 0 Å². The lowest BCUT2D eigenvalue weighted by atomic mass is 10.2. The zero-order valence-electron chi connectivity index (χ0n) is 8.55. The van der Waals surface area contributed by atoms with Crippen LogP contribution in [0.2, 0.25) is 0 Å². The highest BCUT2D eigenvalue weighted by molar-refractivity contribution is 7.99. The van der Waals surface area contributed by atoms with Crippen LogP contribution in [0.25, 0.3) is 0 Å². The van der Waals surface area contributed by atoms with Crippen LogP contribution in [0, 0.1) is 0 Å². The molecule has 0 spiro atoms. The molecule has 4 heteroatoms. The van der Waals surface area contributed by atoms with Gasteiger partial charge in [-0.05, 0) is 12.1 Å². The third-order valence-corrected chi connectivity index (χ3v) is 3.46. The van der Waals surface area contributed by atoms with Gasteiger partial charge in [0, 0.05) is 11.4 Å². The Morgan fingerprint density at radius 2 is 2.20 bits per heavy atom. The third kappa shape index (κ3) is 2.09. The summed E-state index contributed by atoms with van der Waals surface area (Å²) in [5, 5.41) is 0. The summed E-state index contributed by atoms with van der Waals surface area (Å²) < 4.78 is 4.79. The molecule has 1 heterocycles. The number of esters is 1. The molecule has 0 aromatic heterocycles. The van der Waals surface area contributed by atoms with E-state index in [1.165, 1.54) is 7.11 Å². The summed E-state index contributed by atoms with van der Waals surface area (Å²) in [6.07, 6.45) is 0. The molecule has 2 rings (SSSR count). The van der Waals surface area contributed by atoms with Crippen molar-refractivity contribution in [2.75, 3.05) is 23.6 Å². The summed E-state index contributed by atoms with van der Waals surface area (Å²) >= 11 is 1.75. The molecule has 1 fully saturated rings. The van der Waals surface area contributed by atoms with Crippen molar-refractivity contribution in [3.8, 4) is 0 Å². The minimum Gasteiger partial charge on any atom is -0.467 e. The molecular weight excluding hydrogens is 210 g/mol. The summed E-state index contributed by atoms with van der Waals surface area (Å²) in [5.41, 5.74) is 1.08. The summed E-state index contributed by atoms with van der Waals surface area (Å²) in [5.74, 6) is 1.51. The van der Waals surface area contributed by atoms with Gasteiger partial charge in [0.15, 0.2) is 0 Å². The fraction of sp³-hybridized carbons (Fsp3) is 0.364. The first kappa shape index (κ1) is 10.4. The van der Waals surface area contributed by atoms with E-state index in [1.54, 1.807) is 11.8 Å². The molecule has 1 atom stereocenters. The minimum absolute atomic E-state index is 0.137. The molecule has 0 radical (unpaired) electrons. The molecule has 15 heavy (non-hydrogen) atoms. The summed E-state index contributed by atoms with van der Waals surface area (Å²) in [4.78, 5) is 13.6. The second-order valence-electron chi connectivity index (χ2n) is 3.34. The summed E-state index contributed by atoms with van der Waals surface area (Å²) in [6.45, 7) is 0. The maximum atomic E-state index is 11.5. The summed E-state index contributed by atoms with van der Waals surface area (Å²) in [7, 11) is 1.44. The third-order valence-electron chi connectivity index (χ3n) is 2.44. The monoisotopic (exact) mass is 223 g/mol. The number of rotatable bonds is 2. The Labute approximate surface area is 93.4 Å². The van der Waals surface area contributed by atoms with E-state index < -0.39 is 0 Å². The Hall–Kier alpha value is -1.16. The second-order valence-corrected chi connectivity index (χ2v) is 4.34. The number of benzene rings is 1. The van der Waals surface area contributed by atoms with Gasteiger partial charge in [-0.1, -0.05) is 18.2 Å². The topological polar surface area (TPSA) is 29.5 Å². The van der Waals surface area contributed by atoms with Crippen LogP contribution in [-0.2, 0) is 9.53 Å². The van der Waals surface area contributed by atoms with Gasteiger partial charge < -0.3 is 9.64 Å². The van der Waals surface area contributed by atoms with Crippen molar-refractivity contribution >= 4 is 23.4 Å². The quantitative estimate of drug-likeness (QED) is 0.714. The zero-order chi connectivity index (χ0) is 10.7.